The molecule has 1 rings (SSSR count). The topological polar surface area (TPSA) is 37.8 Å². The predicted octanol–water partition coefficient (Wildman–Crippen LogP) is 2.29. The second-order valence-electron chi connectivity index (χ2n) is 2.54. The van der Waals surface area contributed by atoms with Crippen molar-refractivity contribution in [2.24, 2.45) is 0 Å². The van der Waals surface area contributed by atoms with Gasteiger partial charge in [-0.05, 0) is 18.0 Å². The molecule has 0 saturated carbocycles. The fraction of sp³-hybridized carbons (Fsp3) is 0.333. The molecule has 13 heavy (non-hydrogen) atoms. The van der Waals surface area contributed by atoms with Crippen molar-refractivity contribution in [1.82, 2.24) is 9.97 Å². The summed E-state index contributed by atoms with van der Waals surface area (Å²) in [6.07, 6.45) is 2.62. The molecule has 0 radical (unpaired) electrons. The number of halogens is 1. The summed E-state index contributed by atoms with van der Waals surface area (Å²) in [7, 11) is 0. The van der Waals surface area contributed by atoms with Gasteiger partial charge in [0.2, 0.25) is 5.28 Å². The van der Waals surface area contributed by atoms with E-state index in [2.05, 4.69) is 21.9 Å². The Morgan fingerprint density at radius 2 is 2.38 bits per heavy atom. The quantitative estimate of drug-likeness (QED) is 0.595. The minimum atomic E-state index is 0.283. The second-order valence-corrected chi connectivity index (χ2v) is 2.87. The largest absolute Gasteiger partial charge is 0.366 e. The van der Waals surface area contributed by atoms with E-state index in [-0.39, 0.29) is 5.28 Å². The lowest BCUT2D eigenvalue weighted by molar-refractivity contribution is 0.996. The summed E-state index contributed by atoms with van der Waals surface area (Å²) in [6, 6.07) is 1.88. The number of nitrogens with zero attached hydrogens (tertiary/aromatic N) is 2. The first-order valence-corrected chi connectivity index (χ1v) is 4.52. The summed E-state index contributed by atoms with van der Waals surface area (Å²) >= 11 is 5.72. The van der Waals surface area contributed by atoms with Crippen molar-refractivity contribution in [3.63, 3.8) is 0 Å². The molecule has 0 fully saturated rings. The fourth-order valence-electron chi connectivity index (χ4n) is 0.914. The van der Waals surface area contributed by atoms with Crippen LogP contribution in [0, 0.1) is 0 Å². The zero-order chi connectivity index (χ0) is 9.68. The number of aromatic nitrogens is 2. The van der Waals surface area contributed by atoms with Gasteiger partial charge in [-0.25, -0.2) is 9.97 Å². The van der Waals surface area contributed by atoms with Crippen LogP contribution in [0.15, 0.2) is 18.7 Å². The first kappa shape index (κ1) is 9.99. The van der Waals surface area contributed by atoms with E-state index >= 15 is 0 Å². The maximum Gasteiger partial charge on any atom is 0.224 e. The average Bonchev–Trinajstić information content (AvgIpc) is 2.14. The summed E-state index contributed by atoms with van der Waals surface area (Å²) in [6.45, 7) is 6.30. The molecule has 0 spiro atoms. The van der Waals surface area contributed by atoms with Gasteiger partial charge >= 0.3 is 0 Å². The molecule has 0 unspecified atom stereocenters. The van der Waals surface area contributed by atoms with Crippen molar-refractivity contribution < 1.29 is 0 Å². The molecule has 0 atom stereocenters. The van der Waals surface area contributed by atoms with E-state index in [0.29, 0.717) is 6.54 Å². The highest BCUT2D eigenvalue weighted by atomic mass is 35.5. The molecule has 0 saturated heterocycles. The third kappa shape index (κ3) is 3.03. The first-order valence-electron chi connectivity index (χ1n) is 4.14. The van der Waals surface area contributed by atoms with Crippen LogP contribution >= 0.6 is 11.6 Å². The molecule has 0 aliphatic heterocycles. The van der Waals surface area contributed by atoms with E-state index in [1.807, 2.05) is 13.0 Å². The maximum absolute atomic E-state index is 5.72. The van der Waals surface area contributed by atoms with Crippen LogP contribution in [-0.4, -0.2) is 16.5 Å². The predicted molar refractivity (Wildman–Crippen MR) is 55.1 cm³/mol. The highest BCUT2D eigenvalue weighted by Crippen LogP contribution is 2.10. The Morgan fingerprint density at radius 3 is 3.00 bits per heavy atom. The van der Waals surface area contributed by atoms with Crippen LogP contribution in [0.25, 0.3) is 0 Å². The normalized spacial score (nSPS) is 9.69. The number of anilines is 1. The Morgan fingerprint density at radius 1 is 1.62 bits per heavy atom. The summed E-state index contributed by atoms with van der Waals surface area (Å²) in [4.78, 5) is 8.06. The van der Waals surface area contributed by atoms with Crippen LogP contribution in [0.2, 0.25) is 5.28 Å². The summed E-state index contributed by atoms with van der Waals surface area (Å²) < 4.78 is 0. The van der Waals surface area contributed by atoms with E-state index < -0.39 is 0 Å². The smallest absolute Gasteiger partial charge is 0.224 e. The molecule has 0 bridgehead atoms. The van der Waals surface area contributed by atoms with Crippen LogP contribution in [0.5, 0.6) is 0 Å². The fourth-order valence-corrected chi connectivity index (χ4v) is 1.11. The van der Waals surface area contributed by atoms with Gasteiger partial charge in [0, 0.05) is 18.3 Å². The molecule has 1 aromatic rings. The molecule has 70 valence electrons. The third-order valence-corrected chi connectivity index (χ3v) is 1.71. The minimum Gasteiger partial charge on any atom is -0.366 e. The minimum absolute atomic E-state index is 0.283. The number of rotatable bonds is 4. The Hall–Kier alpha value is -1.09. The molecule has 0 aliphatic carbocycles. The number of aryl methyl sites for hydroxylation is 1. The van der Waals surface area contributed by atoms with Crippen LogP contribution < -0.4 is 5.32 Å². The Bertz CT molecular complexity index is 299. The van der Waals surface area contributed by atoms with Gasteiger partial charge in [-0.15, -0.1) is 6.58 Å². The van der Waals surface area contributed by atoms with Crippen molar-refractivity contribution in [3.8, 4) is 0 Å². The number of nitrogens with one attached hydrogen (secondary N) is 1. The molecule has 0 aromatic carbocycles. The Kier molecular flexibility index (Phi) is 3.71. The SMILES string of the molecule is C=CCNc1cc(CC)nc(Cl)n1. The van der Waals surface area contributed by atoms with Gasteiger partial charge in [-0.3, -0.25) is 0 Å². The van der Waals surface area contributed by atoms with Gasteiger partial charge in [0.25, 0.3) is 0 Å². The van der Waals surface area contributed by atoms with Crippen molar-refractivity contribution in [3.05, 3.63) is 29.7 Å². The lowest BCUT2D eigenvalue weighted by Crippen LogP contribution is -2.02. The van der Waals surface area contributed by atoms with Gasteiger partial charge in [0.05, 0.1) is 0 Å². The highest BCUT2D eigenvalue weighted by molar-refractivity contribution is 6.28. The third-order valence-electron chi connectivity index (χ3n) is 1.54. The standard InChI is InChI=1S/C9H12ClN3/c1-3-5-11-8-6-7(4-2)12-9(10)13-8/h3,6H,1,4-5H2,2H3,(H,11,12,13). The zero-order valence-electron chi connectivity index (χ0n) is 7.55. The number of hydrogen-bond acceptors (Lipinski definition) is 3. The average molecular weight is 198 g/mol. The molecule has 3 nitrogen and oxygen atoms in total. The van der Waals surface area contributed by atoms with Crippen LogP contribution in [0.4, 0.5) is 5.82 Å². The van der Waals surface area contributed by atoms with E-state index in [1.165, 1.54) is 0 Å². The molecule has 1 aromatic heterocycles. The van der Waals surface area contributed by atoms with E-state index in [1.54, 1.807) is 6.08 Å². The van der Waals surface area contributed by atoms with Crippen LogP contribution in [-0.2, 0) is 6.42 Å². The van der Waals surface area contributed by atoms with E-state index in [9.17, 15) is 0 Å². The molecule has 1 heterocycles. The lowest BCUT2D eigenvalue weighted by atomic mass is 10.3. The van der Waals surface area contributed by atoms with Crippen LogP contribution in [0.1, 0.15) is 12.6 Å². The zero-order valence-corrected chi connectivity index (χ0v) is 8.30. The van der Waals surface area contributed by atoms with Crippen LogP contribution in [0.3, 0.4) is 0 Å². The van der Waals surface area contributed by atoms with Gasteiger partial charge in [0.1, 0.15) is 5.82 Å². The number of hydrogen-bond donors (Lipinski definition) is 1. The first-order chi connectivity index (χ1) is 6.26. The summed E-state index contributed by atoms with van der Waals surface area (Å²) in [5, 5.41) is 3.34. The second kappa shape index (κ2) is 4.82. The van der Waals surface area contributed by atoms with Crippen molar-refractivity contribution >= 4 is 17.4 Å². The molecular formula is C9H12ClN3. The Balaban J connectivity index is 2.81. The maximum atomic E-state index is 5.72. The Labute approximate surface area is 82.9 Å². The van der Waals surface area contributed by atoms with Crippen molar-refractivity contribution in [1.29, 1.82) is 0 Å². The molecule has 4 heteroatoms. The molecule has 0 aliphatic rings. The van der Waals surface area contributed by atoms with Crippen molar-refractivity contribution in [2.75, 3.05) is 11.9 Å². The highest BCUT2D eigenvalue weighted by Gasteiger charge is 1.99. The van der Waals surface area contributed by atoms with Crippen molar-refractivity contribution in [2.45, 2.75) is 13.3 Å². The van der Waals surface area contributed by atoms with Gasteiger partial charge in [-0.1, -0.05) is 13.0 Å². The van der Waals surface area contributed by atoms with Gasteiger partial charge in [0.15, 0.2) is 0 Å². The van der Waals surface area contributed by atoms with E-state index in [0.717, 1.165) is 17.9 Å². The monoisotopic (exact) mass is 197 g/mol. The molecule has 1 N–H and O–H groups in total. The summed E-state index contributed by atoms with van der Waals surface area (Å²) in [5.41, 5.74) is 0.937. The molecule has 0 amide bonds. The summed E-state index contributed by atoms with van der Waals surface area (Å²) in [5.74, 6) is 0.747. The van der Waals surface area contributed by atoms with E-state index in [4.69, 9.17) is 11.6 Å². The van der Waals surface area contributed by atoms with Gasteiger partial charge in [-0.2, -0.15) is 0 Å². The lowest BCUT2D eigenvalue weighted by Gasteiger charge is -2.04. The van der Waals surface area contributed by atoms with Gasteiger partial charge < -0.3 is 5.32 Å². The molecular weight excluding hydrogens is 186 g/mol.